The van der Waals surface area contributed by atoms with Crippen molar-refractivity contribution in [2.75, 3.05) is 0 Å². The lowest BCUT2D eigenvalue weighted by Crippen LogP contribution is -2.22. The number of aromatic carboxylic acids is 1. The fourth-order valence-corrected chi connectivity index (χ4v) is 1.35. The van der Waals surface area contributed by atoms with Crippen molar-refractivity contribution in [1.29, 1.82) is 0 Å². The second-order valence-electron chi connectivity index (χ2n) is 4.40. The molecule has 1 heterocycles. The van der Waals surface area contributed by atoms with Gasteiger partial charge in [0.05, 0.1) is 16.7 Å². The fourth-order valence-electron chi connectivity index (χ4n) is 1.35. The van der Waals surface area contributed by atoms with Gasteiger partial charge in [0.2, 0.25) is 0 Å². The van der Waals surface area contributed by atoms with E-state index in [0.29, 0.717) is 6.42 Å². The van der Waals surface area contributed by atoms with E-state index in [1.54, 1.807) is 13.8 Å². The molecule has 0 aliphatic rings. The Bertz CT molecular complexity index is 444. The molecule has 0 saturated carbocycles. The second kappa shape index (κ2) is 4.54. The molecule has 7 heteroatoms. The van der Waals surface area contributed by atoms with Crippen molar-refractivity contribution in [2.24, 2.45) is 0 Å². The van der Waals surface area contributed by atoms with Gasteiger partial charge >= 0.3 is 5.97 Å². The van der Waals surface area contributed by atoms with Gasteiger partial charge in [-0.3, -0.25) is 10.1 Å². The summed E-state index contributed by atoms with van der Waals surface area (Å²) in [6.45, 7) is 3.38. The average molecular weight is 242 g/mol. The average Bonchev–Trinajstić information content (AvgIpc) is 2.57. The molecule has 0 aliphatic heterocycles. The summed E-state index contributed by atoms with van der Waals surface area (Å²) < 4.78 is 1.26. The van der Waals surface area contributed by atoms with Crippen LogP contribution < -0.4 is 0 Å². The van der Waals surface area contributed by atoms with Gasteiger partial charge in [-0.25, -0.2) is 4.79 Å². The van der Waals surface area contributed by atoms with Crippen molar-refractivity contribution >= 4 is 11.7 Å². The third kappa shape index (κ3) is 3.56. The Hall–Kier alpha value is -1.89. The second-order valence-corrected chi connectivity index (χ2v) is 4.40. The Morgan fingerprint density at radius 3 is 2.59 bits per heavy atom. The van der Waals surface area contributed by atoms with Crippen LogP contribution in [0.15, 0.2) is 12.3 Å². The highest BCUT2D eigenvalue weighted by Crippen LogP contribution is 2.18. The summed E-state index contributed by atoms with van der Waals surface area (Å²) in [5, 5.41) is 29.0. The molecule has 0 aromatic carbocycles. The molecule has 1 rings (SSSR count). The van der Waals surface area contributed by atoms with Crippen LogP contribution in [0.5, 0.6) is 0 Å². The van der Waals surface area contributed by atoms with Crippen molar-refractivity contribution in [2.45, 2.75) is 32.4 Å². The summed E-state index contributed by atoms with van der Waals surface area (Å²) in [5.41, 5.74) is -1.37. The Morgan fingerprint density at radius 2 is 2.18 bits per heavy atom. The monoisotopic (exact) mass is 242 g/mol. The molecule has 2 N–H and O–H groups in total. The zero-order valence-corrected chi connectivity index (χ0v) is 9.58. The summed E-state index contributed by atoms with van der Waals surface area (Å²) in [4.78, 5) is 20.8. The van der Waals surface area contributed by atoms with Crippen LogP contribution >= 0.6 is 0 Å². The molecule has 0 atom stereocenters. The summed E-state index contributed by atoms with van der Waals surface area (Å²) in [6, 6.07) is 1.01. The van der Waals surface area contributed by atoms with E-state index in [1.165, 1.54) is 4.57 Å². The molecule has 0 saturated heterocycles. The quantitative estimate of drug-likeness (QED) is 0.597. The molecule has 0 amide bonds. The maximum Gasteiger partial charge on any atom is 0.352 e. The highest BCUT2D eigenvalue weighted by Gasteiger charge is 2.20. The smallest absolute Gasteiger partial charge is 0.352 e. The van der Waals surface area contributed by atoms with Gasteiger partial charge < -0.3 is 14.8 Å². The Balaban J connectivity index is 2.97. The molecular weight excluding hydrogens is 228 g/mol. The molecule has 0 radical (unpaired) electrons. The van der Waals surface area contributed by atoms with Gasteiger partial charge in [0, 0.05) is 12.6 Å². The van der Waals surface area contributed by atoms with E-state index in [0.717, 1.165) is 12.3 Å². The molecule has 0 spiro atoms. The van der Waals surface area contributed by atoms with Crippen LogP contribution in [0.4, 0.5) is 5.69 Å². The predicted octanol–water partition coefficient (Wildman–Crippen LogP) is 1.26. The SMILES string of the molecule is CC(C)(O)CCn1cc([N+](=O)[O-])cc1C(=O)O. The lowest BCUT2D eigenvalue weighted by molar-refractivity contribution is -0.384. The van der Waals surface area contributed by atoms with E-state index in [-0.39, 0.29) is 17.9 Å². The summed E-state index contributed by atoms with van der Waals surface area (Å²) in [6.07, 6.45) is 1.47. The minimum Gasteiger partial charge on any atom is -0.477 e. The number of aliphatic hydroxyl groups is 1. The van der Waals surface area contributed by atoms with Crippen molar-refractivity contribution in [3.63, 3.8) is 0 Å². The van der Waals surface area contributed by atoms with Crippen LogP contribution in [-0.4, -0.2) is 31.3 Å². The van der Waals surface area contributed by atoms with Crippen molar-refractivity contribution in [3.8, 4) is 0 Å². The topological polar surface area (TPSA) is 106 Å². The number of nitrogens with zero attached hydrogens (tertiary/aromatic N) is 2. The van der Waals surface area contributed by atoms with E-state index in [2.05, 4.69) is 0 Å². The van der Waals surface area contributed by atoms with Crippen molar-refractivity contribution in [1.82, 2.24) is 4.57 Å². The number of hydrogen-bond donors (Lipinski definition) is 2. The minimum absolute atomic E-state index is 0.152. The number of aryl methyl sites for hydroxylation is 1. The zero-order chi connectivity index (χ0) is 13.2. The number of carboxylic acid groups (broad SMARTS) is 1. The molecule has 0 fully saturated rings. The minimum atomic E-state index is -1.23. The summed E-state index contributed by atoms with van der Waals surface area (Å²) >= 11 is 0. The molecule has 1 aromatic rings. The number of rotatable bonds is 5. The predicted molar refractivity (Wildman–Crippen MR) is 59.0 cm³/mol. The van der Waals surface area contributed by atoms with Crippen LogP contribution in [0.2, 0.25) is 0 Å². The first-order chi connectivity index (χ1) is 7.70. The van der Waals surface area contributed by atoms with Crippen LogP contribution in [-0.2, 0) is 6.54 Å². The largest absolute Gasteiger partial charge is 0.477 e. The molecule has 17 heavy (non-hydrogen) atoms. The Kier molecular flexibility index (Phi) is 3.52. The fraction of sp³-hybridized carbons (Fsp3) is 0.500. The van der Waals surface area contributed by atoms with Crippen LogP contribution in [0, 0.1) is 10.1 Å². The third-order valence-corrected chi connectivity index (χ3v) is 2.28. The highest BCUT2D eigenvalue weighted by atomic mass is 16.6. The van der Waals surface area contributed by atoms with Crippen molar-refractivity contribution < 1.29 is 19.9 Å². The van der Waals surface area contributed by atoms with Crippen molar-refractivity contribution in [3.05, 3.63) is 28.1 Å². The van der Waals surface area contributed by atoms with Gasteiger partial charge in [0.25, 0.3) is 5.69 Å². The maximum absolute atomic E-state index is 10.9. The van der Waals surface area contributed by atoms with Gasteiger partial charge in [-0.2, -0.15) is 0 Å². The Labute approximate surface area is 97.4 Å². The van der Waals surface area contributed by atoms with E-state index in [4.69, 9.17) is 5.11 Å². The van der Waals surface area contributed by atoms with E-state index in [1.807, 2.05) is 0 Å². The normalized spacial score (nSPS) is 11.5. The number of carbonyl (C=O) groups is 1. The van der Waals surface area contributed by atoms with Gasteiger partial charge in [-0.15, -0.1) is 0 Å². The first-order valence-electron chi connectivity index (χ1n) is 5.01. The van der Waals surface area contributed by atoms with Crippen LogP contribution in [0.25, 0.3) is 0 Å². The highest BCUT2D eigenvalue weighted by molar-refractivity contribution is 5.86. The molecule has 7 nitrogen and oxygen atoms in total. The van der Waals surface area contributed by atoms with E-state index >= 15 is 0 Å². The number of hydrogen-bond acceptors (Lipinski definition) is 4. The van der Waals surface area contributed by atoms with Gasteiger partial charge in [0.1, 0.15) is 5.69 Å². The van der Waals surface area contributed by atoms with Gasteiger partial charge in [-0.1, -0.05) is 0 Å². The van der Waals surface area contributed by atoms with Gasteiger partial charge in [-0.05, 0) is 20.3 Å². The lowest BCUT2D eigenvalue weighted by Gasteiger charge is -2.17. The lowest BCUT2D eigenvalue weighted by atomic mass is 10.1. The molecule has 0 aliphatic carbocycles. The van der Waals surface area contributed by atoms with Crippen LogP contribution in [0.3, 0.4) is 0 Å². The first-order valence-corrected chi connectivity index (χ1v) is 5.01. The molecule has 1 aromatic heterocycles. The molecule has 94 valence electrons. The third-order valence-electron chi connectivity index (χ3n) is 2.28. The van der Waals surface area contributed by atoms with Crippen LogP contribution in [0.1, 0.15) is 30.8 Å². The summed E-state index contributed by atoms with van der Waals surface area (Å²) in [7, 11) is 0. The molecule has 0 unspecified atom stereocenters. The van der Waals surface area contributed by atoms with E-state index < -0.39 is 16.5 Å². The summed E-state index contributed by atoms with van der Waals surface area (Å²) in [5.74, 6) is -1.23. The molecular formula is C10H14N2O5. The molecule has 0 bridgehead atoms. The number of aromatic nitrogens is 1. The zero-order valence-electron chi connectivity index (χ0n) is 9.58. The standard InChI is InChI=1S/C10H14N2O5/c1-10(2,15)3-4-11-6-7(12(16)17)5-8(11)9(13)14/h5-6,15H,3-4H2,1-2H3,(H,13,14). The first kappa shape index (κ1) is 13.2. The number of nitro groups is 1. The Morgan fingerprint density at radius 1 is 1.59 bits per heavy atom. The van der Waals surface area contributed by atoms with E-state index in [9.17, 15) is 20.0 Å². The maximum atomic E-state index is 10.9. The number of carboxylic acids is 1. The van der Waals surface area contributed by atoms with Gasteiger partial charge in [0.15, 0.2) is 0 Å².